The van der Waals surface area contributed by atoms with Gasteiger partial charge in [0.1, 0.15) is 5.82 Å². The van der Waals surface area contributed by atoms with Crippen LogP contribution in [0.1, 0.15) is 18.4 Å². The van der Waals surface area contributed by atoms with Crippen LogP contribution in [0.15, 0.2) is 30.5 Å². The highest BCUT2D eigenvalue weighted by atomic mass is 19.4. The number of anilines is 2. The number of hydrogen-bond donors (Lipinski definition) is 2. The minimum Gasteiger partial charge on any atom is -0.393 e. The van der Waals surface area contributed by atoms with Gasteiger partial charge in [-0.1, -0.05) is 6.07 Å². The Hall–Kier alpha value is -2.96. The fourth-order valence-corrected chi connectivity index (χ4v) is 4.89. The van der Waals surface area contributed by atoms with E-state index in [1.807, 2.05) is 0 Å². The number of benzene rings is 1. The highest BCUT2D eigenvalue weighted by Crippen LogP contribution is 2.34. The number of nitrogens with zero attached hydrogens (tertiary/aromatic N) is 6. The van der Waals surface area contributed by atoms with E-state index in [2.05, 4.69) is 25.2 Å². The van der Waals surface area contributed by atoms with Crippen LogP contribution < -0.4 is 10.2 Å². The number of ether oxygens (including phenoxy) is 1. The standard InChI is InChI=1S/C23H26F3N7O2/c24-23(25,26)14-2-1-3-16(8-14)33-21-19(11-27-33)20(29-22(30-21)28-15-9-18(34)10-15)32-12-17(13-32)31-4-6-35-7-5-31/h1-3,8,11,15,17-18,34H,4-7,9-10,12-13H2,(H,28,29,30)/t15-,18-. The van der Waals surface area contributed by atoms with Gasteiger partial charge < -0.3 is 20.1 Å². The number of nitrogens with one attached hydrogen (secondary N) is 1. The SMILES string of the molecule is O[C@H]1C[C@H](Nc2nc(N3CC(N4CCOCC4)C3)c3cnn(-c4cccc(C(F)(F)F)c4)c3n2)C1. The molecule has 0 atom stereocenters. The van der Waals surface area contributed by atoms with Crippen molar-refractivity contribution >= 4 is 22.8 Å². The van der Waals surface area contributed by atoms with Gasteiger partial charge in [0.2, 0.25) is 5.95 Å². The van der Waals surface area contributed by atoms with E-state index in [0.29, 0.717) is 41.7 Å². The number of rotatable bonds is 5. The van der Waals surface area contributed by atoms with E-state index in [1.54, 1.807) is 12.3 Å². The van der Waals surface area contributed by atoms with Crippen molar-refractivity contribution < 1.29 is 23.0 Å². The second-order valence-electron chi connectivity index (χ2n) is 9.39. The molecule has 3 aliphatic rings. The first-order valence-corrected chi connectivity index (χ1v) is 11.8. The maximum atomic E-state index is 13.3. The predicted octanol–water partition coefficient (Wildman–Crippen LogP) is 2.29. The van der Waals surface area contributed by atoms with E-state index in [4.69, 9.17) is 9.72 Å². The molecule has 35 heavy (non-hydrogen) atoms. The van der Waals surface area contributed by atoms with E-state index < -0.39 is 11.7 Å². The van der Waals surface area contributed by atoms with E-state index in [-0.39, 0.29) is 17.8 Å². The van der Waals surface area contributed by atoms with Gasteiger partial charge in [-0.25, -0.2) is 4.68 Å². The first-order valence-electron chi connectivity index (χ1n) is 11.8. The van der Waals surface area contributed by atoms with Gasteiger partial charge in [0.15, 0.2) is 5.65 Å². The van der Waals surface area contributed by atoms with Crippen LogP contribution in [0.2, 0.25) is 0 Å². The van der Waals surface area contributed by atoms with Crippen molar-refractivity contribution in [2.24, 2.45) is 0 Å². The first kappa shape index (κ1) is 22.5. The minimum absolute atomic E-state index is 0.0534. The molecule has 4 heterocycles. The van der Waals surface area contributed by atoms with E-state index in [9.17, 15) is 18.3 Å². The third-order valence-corrected chi connectivity index (χ3v) is 7.00. The average molecular weight is 490 g/mol. The molecule has 0 spiro atoms. The van der Waals surface area contributed by atoms with Gasteiger partial charge in [-0.2, -0.15) is 28.2 Å². The third kappa shape index (κ3) is 4.30. The lowest BCUT2D eigenvalue weighted by Gasteiger charge is -2.47. The Balaban J connectivity index is 1.34. The van der Waals surface area contributed by atoms with Crippen LogP contribution in [-0.2, 0) is 10.9 Å². The summed E-state index contributed by atoms with van der Waals surface area (Å²) in [6, 6.07) is 5.51. The summed E-state index contributed by atoms with van der Waals surface area (Å²) < 4.78 is 46.8. The van der Waals surface area contributed by atoms with Gasteiger partial charge in [-0.15, -0.1) is 0 Å². The predicted molar refractivity (Wildman–Crippen MR) is 123 cm³/mol. The molecule has 1 aromatic carbocycles. The minimum atomic E-state index is -4.46. The zero-order valence-corrected chi connectivity index (χ0v) is 18.9. The molecule has 186 valence electrons. The number of aliphatic hydroxyl groups excluding tert-OH is 1. The number of hydrogen-bond acceptors (Lipinski definition) is 8. The fourth-order valence-electron chi connectivity index (χ4n) is 4.89. The average Bonchev–Trinajstić information content (AvgIpc) is 3.21. The van der Waals surface area contributed by atoms with Gasteiger partial charge in [-0.3, -0.25) is 4.90 Å². The summed E-state index contributed by atoms with van der Waals surface area (Å²) in [5.41, 5.74) is -0.0309. The molecule has 2 N–H and O–H groups in total. The Bertz CT molecular complexity index is 1220. The molecule has 0 unspecified atom stereocenters. The highest BCUT2D eigenvalue weighted by molar-refractivity contribution is 5.89. The zero-order chi connectivity index (χ0) is 24.2. The van der Waals surface area contributed by atoms with Crippen molar-refractivity contribution in [3.63, 3.8) is 0 Å². The Morgan fingerprint density at radius 1 is 1.09 bits per heavy atom. The topological polar surface area (TPSA) is 91.6 Å². The molecular weight excluding hydrogens is 463 g/mol. The lowest BCUT2D eigenvalue weighted by molar-refractivity contribution is -0.137. The molecule has 0 bridgehead atoms. The Morgan fingerprint density at radius 3 is 2.57 bits per heavy atom. The van der Waals surface area contributed by atoms with Crippen molar-refractivity contribution in [1.29, 1.82) is 0 Å². The maximum absolute atomic E-state index is 13.3. The van der Waals surface area contributed by atoms with Crippen LogP contribution >= 0.6 is 0 Å². The molecule has 6 rings (SSSR count). The molecule has 1 saturated carbocycles. The Labute approximate surface area is 199 Å². The maximum Gasteiger partial charge on any atom is 0.416 e. The summed E-state index contributed by atoms with van der Waals surface area (Å²) in [6.07, 6.45) is -1.97. The molecule has 2 aromatic heterocycles. The normalized spacial score (nSPS) is 23.8. The van der Waals surface area contributed by atoms with E-state index in [1.165, 1.54) is 10.7 Å². The lowest BCUT2D eigenvalue weighted by Crippen LogP contribution is -2.61. The van der Waals surface area contributed by atoms with Crippen LogP contribution in [0.3, 0.4) is 0 Å². The first-order chi connectivity index (χ1) is 16.8. The Kier molecular flexibility index (Phi) is 5.53. The number of alkyl halides is 3. The molecule has 3 fully saturated rings. The third-order valence-electron chi connectivity index (χ3n) is 7.00. The summed E-state index contributed by atoms with van der Waals surface area (Å²) in [4.78, 5) is 14.0. The number of aliphatic hydroxyl groups is 1. The molecule has 0 amide bonds. The molecule has 0 radical (unpaired) electrons. The van der Waals surface area contributed by atoms with Crippen LogP contribution in [-0.4, -0.2) is 87.3 Å². The summed E-state index contributed by atoms with van der Waals surface area (Å²) in [6.45, 7) is 4.87. The number of aromatic nitrogens is 4. The molecular formula is C23H26F3N7O2. The van der Waals surface area contributed by atoms with Crippen molar-refractivity contribution in [3.05, 3.63) is 36.0 Å². The smallest absolute Gasteiger partial charge is 0.393 e. The van der Waals surface area contributed by atoms with Gasteiger partial charge in [0.25, 0.3) is 0 Å². The van der Waals surface area contributed by atoms with Crippen LogP contribution in [0, 0.1) is 0 Å². The summed E-state index contributed by atoms with van der Waals surface area (Å²) in [5, 5.41) is 18.0. The number of halogens is 3. The highest BCUT2D eigenvalue weighted by Gasteiger charge is 2.36. The van der Waals surface area contributed by atoms with E-state index >= 15 is 0 Å². The summed E-state index contributed by atoms with van der Waals surface area (Å²) in [5.74, 6) is 1.09. The fraction of sp³-hybridized carbons (Fsp3) is 0.522. The van der Waals surface area contributed by atoms with Crippen LogP contribution in [0.4, 0.5) is 24.9 Å². The quantitative estimate of drug-likeness (QED) is 0.564. The van der Waals surface area contributed by atoms with Gasteiger partial charge in [0.05, 0.1) is 42.2 Å². The molecule has 2 saturated heterocycles. The van der Waals surface area contributed by atoms with Gasteiger partial charge in [0, 0.05) is 38.3 Å². The molecule has 3 aromatic rings. The second-order valence-corrected chi connectivity index (χ2v) is 9.39. The van der Waals surface area contributed by atoms with Crippen LogP contribution in [0.5, 0.6) is 0 Å². The lowest BCUT2D eigenvalue weighted by atomic mass is 9.90. The second kappa shape index (κ2) is 8.61. The Morgan fingerprint density at radius 2 is 1.86 bits per heavy atom. The van der Waals surface area contributed by atoms with Crippen molar-refractivity contribution in [2.75, 3.05) is 49.6 Å². The van der Waals surface area contributed by atoms with Crippen molar-refractivity contribution in [2.45, 2.75) is 37.2 Å². The molecule has 9 nitrogen and oxygen atoms in total. The molecule has 1 aliphatic carbocycles. The van der Waals surface area contributed by atoms with E-state index in [0.717, 1.165) is 51.5 Å². The summed E-state index contributed by atoms with van der Waals surface area (Å²) >= 11 is 0. The zero-order valence-electron chi connectivity index (χ0n) is 18.9. The number of fused-ring (bicyclic) bond motifs is 1. The monoisotopic (exact) mass is 489 g/mol. The van der Waals surface area contributed by atoms with Crippen molar-refractivity contribution in [3.8, 4) is 5.69 Å². The van der Waals surface area contributed by atoms with Gasteiger partial charge >= 0.3 is 6.18 Å². The van der Waals surface area contributed by atoms with Gasteiger partial charge in [-0.05, 0) is 31.0 Å². The van der Waals surface area contributed by atoms with Crippen molar-refractivity contribution in [1.82, 2.24) is 24.6 Å². The summed E-state index contributed by atoms with van der Waals surface area (Å²) in [7, 11) is 0. The molecule has 12 heteroatoms. The number of morpholine rings is 1. The van der Waals surface area contributed by atoms with Crippen LogP contribution in [0.25, 0.3) is 16.7 Å². The molecule has 2 aliphatic heterocycles. The largest absolute Gasteiger partial charge is 0.416 e.